The number of aryl methyl sites for hydroxylation is 1. The van der Waals surface area contributed by atoms with Crippen LogP contribution in [-0.4, -0.2) is 27.4 Å². The summed E-state index contributed by atoms with van der Waals surface area (Å²) in [5.41, 5.74) is -0.489. The predicted octanol–water partition coefficient (Wildman–Crippen LogP) is 0.834. The third-order valence-corrected chi connectivity index (χ3v) is 2.27. The Bertz CT molecular complexity index is 496. The number of carboxylic acids is 1. The van der Waals surface area contributed by atoms with Crippen molar-refractivity contribution < 1.29 is 24.7 Å². The molecular weight excluding hydrogens is 230 g/mol. The molecule has 0 saturated carbocycles. The minimum absolute atomic E-state index is 0.103. The fourth-order valence-electron chi connectivity index (χ4n) is 1.36. The molecular formula is C10H9NO6. The highest BCUT2D eigenvalue weighted by molar-refractivity contribution is 5.82. The van der Waals surface area contributed by atoms with Crippen LogP contribution in [0.1, 0.15) is 27.6 Å². The number of aliphatic carboxylic acids is 1. The Hall–Kier alpha value is -2.28. The Balaban J connectivity index is 3.49. The summed E-state index contributed by atoms with van der Waals surface area (Å²) in [7, 11) is 0. The molecule has 0 aliphatic heterocycles. The molecule has 0 bridgehead atoms. The van der Waals surface area contributed by atoms with E-state index in [4.69, 9.17) is 5.11 Å². The number of nitro groups is 1. The second-order valence-corrected chi connectivity index (χ2v) is 3.38. The summed E-state index contributed by atoms with van der Waals surface area (Å²) in [5.74, 6) is -1.62. The van der Waals surface area contributed by atoms with Crippen LogP contribution in [0.4, 0.5) is 5.69 Å². The van der Waals surface area contributed by atoms with Gasteiger partial charge in [0.25, 0.3) is 5.69 Å². The smallest absolute Gasteiger partial charge is 0.337 e. The van der Waals surface area contributed by atoms with Gasteiger partial charge in [-0.3, -0.25) is 14.9 Å². The van der Waals surface area contributed by atoms with Gasteiger partial charge in [0.1, 0.15) is 6.29 Å². The Morgan fingerprint density at radius 3 is 2.53 bits per heavy atom. The highest BCUT2D eigenvalue weighted by Gasteiger charge is 2.26. The van der Waals surface area contributed by atoms with Crippen LogP contribution in [0.2, 0.25) is 0 Å². The first-order chi connectivity index (χ1) is 7.88. The number of carbonyl (C=O) groups excluding carboxylic acids is 1. The van der Waals surface area contributed by atoms with Gasteiger partial charge in [0.2, 0.25) is 0 Å². The number of rotatable bonds is 4. The zero-order chi connectivity index (χ0) is 13.2. The molecule has 0 aliphatic carbocycles. The average molecular weight is 239 g/mol. The largest absolute Gasteiger partial charge is 0.479 e. The van der Waals surface area contributed by atoms with E-state index in [0.29, 0.717) is 11.8 Å². The second kappa shape index (κ2) is 4.71. The van der Waals surface area contributed by atoms with Crippen molar-refractivity contribution in [3.63, 3.8) is 0 Å². The minimum Gasteiger partial charge on any atom is -0.479 e. The first-order valence-electron chi connectivity index (χ1n) is 4.53. The van der Waals surface area contributed by atoms with E-state index in [1.54, 1.807) is 0 Å². The van der Waals surface area contributed by atoms with Gasteiger partial charge in [0.15, 0.2) is 6.10 Å². The molecule has 7 nitrogen and oxygen atoms in total. The van der Waals surface area contributed by atoms with E-state index in [2.05, 4.69) is 0 Å². The molecule has 0 aliphatic rings. The third-order valence-electron chi connectivity index (χ3n) is 2.27. The molecule has 0 spiro atoms. The molecule has 1 aromatic carbocycles. The van der Waals surface area contributed by atoms with Crippen molar-refractivity contribution in [3.8, 4) is 0 Å². The van der Waals surface area contributed by atoms with E-state index in [-0.39, 0.29) is 5.56 Å². The van der Waals surface area contributed by atoms with Crippen LogP contribution >= 0.6 is 0 Å². The van der Waals surface area contributed by atoms with Crippen LogP contribution in [0, 0.1) is 17.0 Å². The third kappa shape index (κ3) is 2.45. The maximum Gasteiger partial charge on any atom is 0.337 e. The molecule has 0 heterocycles. The van der Waals surface area contributed by atoms with Crippen molar-refractivity contribution in [2.24, 2.45) is 0 Å². The van der Waals surface area contributed by atoms with Gasteiger partial charge < -0.3 is 10.2 Å². The standard InChI is InChI=1S/C10H9NO6/c1-5-2-8(11(16)17)7(3-6(5)4-12)9(13)10(14)15/h2-4,9,13H,1H3,(H,14,15). The van der Waals surface area contributed by atoms with E-state index in [0.717, 1.165) is 12.1 Å². The maximum atomic E-state index is 10.7. The molecule has 1 unspecified atom stereocenters. The fourth-order valence-corrected chi connectivity index (χ4v) is 1.36. The summed E-state index contributed by atoms with van der Waals surface area (Å²) in [6.45, 7) is 1.48. The van der Waals surface area contributed by atoms with Crippen LogP contribution in [0.15, 0.2) is 12.1 Å². The summed E-state index contributed by atoms with van der Waals surface area (Å²) in [4.78, 5) is 31.2. The Kier molecular flexibility index (Phi) is 3.54. The van der Waals surface area contributed by atoms with Crippen molar-refractivity contribution >= 4 is 17.9 Å². The topological polar surface area (TPSA) is 118 Å². The van der Waals surface area contributed by atoms with Gasteiger partial charge in [0, 0.05) is 11.6 Å². The van der Waals surface area contributed by atoms with Crippen LogP contribution in [-0.2, 0) is 4.79 Å². The zero-order valence-electron chi connectivity index (χ0n) is 8.78. The lowest BCUT2D eigenvalue weighted by molar-refractivity contribution is -0.386. The molecule has 1 rings (SSSR count). The van der Waals surface area contributed by atoms with Gasteiger partial charge in [-0.15, -0.1) is 0 Å². The number of carbonyl (C=O) groups is 2. The van der Waals surface area contributed by atoms with Gasteiger partial charge in [-0.1, -0.05) is 0 Å². The van der Waals surface area contributed by atoms with E-state index < -0.39 is 28.2 Å². The van der Waals surface area contributed by atoms with Crippen molar-refractivity contribution in [3.05, 3.63) is 38.9 Å². The minimum atomic E-state index is -2.03. The monoisotopic (exact) mass is 239 g/mol. The predicted molar refractivity (Wildman–Crippen MR) is 55.8 cm³/mol. The number of carboxylic acid groups (broad SMARTS) is 1. The summed E-state index contributed by atoms with van der Waals surface area (Å²) in [6, 6.07) is 2.07. The molecule has 90 valence electrons. The normalized spacial score (nSPS) is 11.9. The van der Waals surface area contributed by atoms with Crippen LogP contribution in [0.3, 0.4) is 0 Å². The Labute approximate surface area is 95.5 Å². The first-order valence-corrected chi connectivity index (χ1v) is 4.53. The van der Waals surface area contributed by atoms with Gasteiger partial charge in [-0.2, -0.15) is 0 Å². The van der Waals surface area contributed by atoms with E-state index in [1.165, 1.54) is 6.92 Å². The fraction of sp³-hybridized carbons (Fsp3) is 0.200. The maximum absolute atomic E-state index is 10.7. The molecule has 0 saturated heterocycles. The van der Waals surface area contributed by atoms with Gasteiger partial charge in [0.05, 0.1) is 10.5 Å². The van der Waals surface area contributed by atoms with Gasteiger partial charge in [-0.05, 0) is 18.6 Å². The molecule has 1 aromatic rings. The van der Waals surface area contributed by atoms with Crippen molar-refractivity contribution in [2.75, 3.05) is 0 Å². The van der Waals surface area contributed by atoms with Crippen LogP contribution < -0.4 is 0 Å². The average Bonchev–Trinajstić information content (AvgIpc) is 2.27. The van der Waals surface area contributed by atoms with E-state index >= 15 is 0 Å². The quantitative estimate of drug-likeness (QED) is 0.456. The molecule has 0 radical (unpaired) electrons. The number of nitro benzene ring substituents is 1. The molecule has 0 aromatic heterocycles. The lowest BCUT2D eigenvalue weighted by Crippen LogP contribution is -2.13. The molecule has 17 heavy (non-hydrogen) atoms. The number of aliphatic hydroxyl groups is 1. The van der Waals surface area contributed by atoms with Crippen LogP contribution in [0.25, 0.3) is 0 Å². The van der Waals surface area contributed by atoms with E-state index in [1.807, 2.05) is 0 Å². The molecule has 1 atom stereocenters. The van der Waals surface area contributed by atoms with Crippen molar-refractivity contribution in [1.82, 2.24) is 0 Å². The number of nitrogens with zero attached hydrogens (tertiary/aromatic N) is 1. The summed E-state index contributed by atoms with van der Waals surface area (Å²) in [6.07, 6.45) is -1.59. The number of benzene rings is 1. The lowest BCUT2D eigenvalue weighted by Gasteiger charge is -2.08. The highest BCUT2D eigenvalue weighted by atomic mass is 16.6. The SMILES string of the molecule is Cc1cc([N+](=O)[O-])c(C(O)C(=O)O)cc1C=O. The van der Waals surface area contributed by atoms with Crippen molar-refractivity contribution in [1.29, 1.82) is 0 Å². The van der Waals surface area contributed by atoms with Crippen LogP contribution in [0.5, 0.6) is 0 Å². The molecule has 0 amide bonds. The second-order valence-electron chi connectivity index (χ2n) is 3.38. The number of aldehydes is 1. The van der Waals surface area contributed by atoms with Gasteiger partial charge in [-0.25, -0.2) is 4.79 Å². The molecule has 0 fully saturated rings. The summed E-state index contributed by atoms with van der Waals surface area (Å²) >= 11 is 0. The first kappa shape index (κ1) is 12.8. The summed E-state index contributed by atoms with van der Waals surface area (Å²) < 4.78 is 0. The van der Waals surface area contributed by atoms with Gasteiger partial charge >= 0.3 is 5.97 Å². The van der Waals surface area contributed by atoms with Crippen molar-refractivity contribution in [2.45, 2.75) is 13.0 Å². The van der Waals surface area contributed by atoms with E-state index in [9.17, 15) is 24.8 Å². The molecule has 2 N–H and O–H groups in total. The number of hydrogen-bond donors (Lipinski definition) is 2. The lowest BCUT2D eigenvalue weighted by atomic mass is 10.00. The number of hydrogen-bond acceptors (Lipinski definition) is 5. The molecule has 7 heteroatoms. The number of aliphatic hydroxyl groups excluding tert-OH is 1. The summed E-state index contributed by atoms with van der Waals surface area (Å²) in [5, 5.41) is 28.6. The zero-order valence-corrected chi connectivity index (χ0v) is 8.78. The Morgan fingerprint density at radius 2 is 2.12 bits per heavy atom. The highest BCUT2D eigenvalue weighted by Crippen LogP contribution is 2.28. The Morgan fingerprint density at radius 1 is 1.53 bits per heavy atom.